The number of hydrogen-bond donors (Lipinski definition) is 3. The predicted molar refractivity (Wildman–Crippen MR) is 131 cm³/mol. The average molecular weight is 449 g/mol. The summed E-state index contributed by atoms with van der Waals surface area (Å²) in [6.07, 6.45) is 2.18. The van der Waals surface area contributed by atoms with Gasteiger partial charge in [0.1, 0.15) is 0 Å². The monoisotopic (exact) mass is 448 g/mol. The molecule has 4 aliphatic carbocycles. The second-order valence-electron chi connectivity index (χ2n) is 14.0. The van der Waals surface area contributed by atoms with E-state index < -0.39 is 12.2 Å². The van der Waals surface area contributed by atoms with Gasteiger partial charge in [0.2, 0.25) is 0 Å². The number of fused-ring (bicyclic) bond motifs is 3. The fourth-order valence-corrected chi connectivity index (χ4v) is 11.0. The van der Waals surface area contributed by atoms with Gasteiger partial charge >= 0.3 is 0 Å². The van der Waals surface area contributed by atoms with E-state index >= 15 is 0 Å². The molecule has 3 heteroatoms. The van der Waals surface area contributed by atoms with Crippen LogP contribution in [0.25, 0.3) is 0 Å². The zero-order chi connectivity index (χ0) is 24.1. The van der Waals surface area contributed by atoms with Crippen LogP contribution in [0.4, 0.5) is 0 Å². The summed E-state index contributed by atoms with van der Waals surface area (Å²) < 4.78 is 0. The predicted octanol–water partition coefficient (Wildman–Crippen LogP) is 5.61. The van der Waals surface area contributed by atoms with Gasteiger partial charge in [-0.05, 0) is 83.9 Å². The maximum atomic E-state index is 12.1. The van der Waals surface area contributed by atoms with E-state index in [-0.39, 0.29) is 46.0 Å². The van der Waals surface area contributed by atoms with Crippen LogP contribution in [0.3, 0.4) is 0 Å². The molecule has 0 radical (unpaired) electrons. The Morgan fingerprint density at radius 3 is 2.00 bits per heavy atom. The molecule has 4 aliphatic rings. The molecule has 0 heterocycles. The highest BCUT2D eigenvalue weighted by Gasteiger charge is 2.73. The van der Waals surface area contributed by atoms with E-state index in [1.165, 1.54) is 12.8 Å². The Labute approximate surface area is 197 Å². The van der Waals surface area contributed by atoms with Gasteiger partial charge in [0, 0.05) is 11.3 Å². The van der Waals surface area contributed by atoms with Crippen molar-refractivity contribution in [2.75, 3.05) is 0 Å². The summed E-state index contributed by atoms with van der Waals surface area (Å²) >= 11 is 0. The molecule has 3 N–H and O–H groups in total. The lowest BCUT2D eigenvalue weighted by atomic mass is 9.30. The van der Waals surface area contributed by atoms with Crippen molar-refractivity contribution in [3.8, 4) is 0 Å². The lowest BCUT2D eigenvalue weighted by Gasteiger charge is -2.75. The maximum Gasteiger partial charge on any atom is 0.0657 e. The first-order valence-corrected chi connectivity index (χ1v) is 13.7. The molecule has 16 unspecified atom stereocenters. The summed E-state index contributed by atoms with van der Waals surface area (Å²) in [6, 6.07) is 0. The Bertz CT molecular complexity index is 721. The largest absolute Gasteiger partial charge is 0.393 e. The van der Waals surface area contributed by atoms with Gasteiger partial charge in [0.05, 0.1) is 18.3 Å². The molecular formula is C29H52O3. The van der Waals surface area contributed by atoms with Crippen molar-refractivity contribution in [2.45, 2.75) is 107 Å². The first-order chi connectivity index (χ1) is 14.7. The van der Waals surface area contributed by atoms with Crippen LogP contribution in [0.2, 0.25) is 0 Å². The van der Waals surface area contributed by atoms with E-state index in [1.54, 1.807) is 0 Å². The van der Waals surface area contributed by atoms with Crippen molar-refractivity contribution >= 4 is 0 Å². The second kappa shape index (κ2) is 7.69. The molecule has 3 nitrogen and oxygen atoms in total. The van der Waals surface area contributed by atoms with Crippen molar-refractivity contribution in [1.82, 2.24) is 0 Å². The highest BCUT2D eigenvalue weighted by molar-refractivity contribution is 5.21. The van der Waals surface area contributed by atoms with Crippen molar-refractivity contribution in [2.24, 2.45) is 75.4 Å². The SMILES string of the molecule is CC(O)C1C(C)CC2(C)C(C)C3(C)C(C)C4CCC(C)C(C)C4C(O)C3C(C)C2(C)C1O. The molecular weight excluding hydrogens is 396 g/mol. The first-order valence-electron chi connectivity index (χ1n) is 13.7. The van der Waals surface area contributed by atoms with E-state index in [0.29, 0.717) is 35.5 Å². The summed E-state index contributed by atoms with van der Waals surface area (Å²) in [5, 5.41) is 34.7. The van der Waals surface area contributed by atoms with Crippen molar-refractivity contribution < 1.29 is 15.3 Å². The number of aliphatic hydroxyl groups excluding tert-OH is 3. The number of aliphatic hydroxyl groups is 3. The summed E-state index contributed by atoms with van der Waals surface area (Å²) in [7, 11) is 0. The Morgan fingerprint density at radius 2 is 1.44 bits per heavy atom. The van der Waals surface area contributed by atoms with Gasteiger partial charge in [-0.3, -0.25) is 0 Å². The fourth-order valence-electron chi connectivity index (χ4n) is 11.0. The first kappa shape index (κ1) is 25.0. The molecule has 16 atom stereocenters. The van der Waals surface area contributed by atoms with E-state index in [9.17, 15) is 15.3 Å². The van der Waals surface area contributed by atoms with Gasteiger partial charge in [-0.2, -0.15) is 0 Å². The number of rotatable bonds is 1. The molecule has 32 heavy (non-hydrogen) atoms. The summed E-state index contributed by atoms with van der Waals surface area (Å²) in [5.41, 5.74) is -0.316. The minimum absolute atomic E-state index is 0.0315. The van der Waals surface area contributed by atoms with Crippen LogP contribution >= 0.6 is 0 Å². The van der Waals surface area contributed by atoms with Gasteiger partial charge in [0.15, 0.2) is 0 Å². The Hall–Kier alpha value is -0.120. The van der Waals surface area contributed by atoms with E-state index in [4.69, 9.17) is 0 Å². The van der Waals surface area contributed by atoms with Gasteiger partial charge in [0.25, 0.3) is 0 Å². The van der Waals surface area contributed by atoms with E-state index in [0.717, 1.165) is 6.42 Å². The summed E-state index contributed by atoms with van der Waals surface area (Å²) in [6.45, 7) is 23.3. The molecule has 0 aromatic heterocycles. The highest BCUT2D eigenvalue weighted by atomic mass is 16.3. The summed E-state index contributed by atoms with van der Waals surface area (Å²) in [5.74, 6) is 3.68. The van der Waals surface area contributed by atoms with Gasteiger partial charge < -0.3 is 15.3 Å². The molecule has 0 spiro atoms. The summed E-state index contributed by atoms with van der Waals surface area (Å²) in [4.78, 5) is 0. The highest BCUT2D eigenvalue weighted by Crippen LogP contribution is 2.75. The van der Waals surface area contributed by atoms with Gasteiger partial charge in [-0.25, -0.2) is 0 Å². The Balaban J connectivity index is 1.86. The molecule has 4 saturated carbocycles. The molecule has 0 saturated heterocycles. The topological polar surface area (TPSA) is 60.7 Å². The zero-order valence-electron chi connectivity index (χ0n) is 22.5. The van der Waals surface area contributed by atoms with Crippen LogP contribution in [-0.4, -0.2) is 33.6 Å². The van der Waals surface area contributed by atoms with Crippen LogP contribution in [0.1, 0.15) is 88.5 Å². The minimum Gasteiger partial charge on any atom is -0.393 e. The standard InChI is InChI=1S/C29H52O3/c1-14-11-12-21-17(4)28(9)20(7)27(8)13-15(2)22(19(6)30)26(32)29(27,10)18(5)24(28)25(31)23(21)16(14)3/h14-26,30-32H,11-13H2,1-10H3. The molecule has 0 aliphatic heterocycles. The van der Waals surface area contributed by atoms with E-state index in [2.05, 4.69) is 62.3 Å². The van der Waals surface area contributed by atoms with Crippen LogP contribution < -0.4 is 0 Å². The van der Waals surface area contributed by atoms with Crippen LogP contribution in [0.15, 0.2) is 0 Å². The molecule has 186 valence electrons. The smallest absolute Gasteiger partial charge is 0.0657 e. The lowest BCUT2D eigenvalue weighted by molar-refractivity contribution is -0.315. The van der Waals surface area contributed by atoms with Crippen molar-refractivity contribution in [3.05, 3.63) is 0 Å². The van der Waals surface area contributed by atoms with Crippen LogP contribution in [-0.2, 0) is 0 Å². The third-order valence-electron chi connectivity index (χ3n) is 13.6. The van der Waals surface area contributed by atoms with Gasteiger partial charge in [-0.15, -0.1) is 0 Å². The maximum absolute atomic E-state index is 12.1. The Kier molecular flexibility index (Phi) is 6.00. The quantitative estimate of drug-likeness (QED) is 0.488. The van der Waals surface area contributed by atoms with Crippen molar-refractivity contribution in [3.63, 3.8) is 0 Å². The van der Waals surface area contributed by atoms with Gasteiger partial charge in [-0.1, -0.05) is 68.7 Å². The molecule has 0 amide bonds. The lowest BCUT2D eigenvalue weighted by Crippen LogP contribution is -2.74. The molecule has 4 rings (SSSR count). The number of hydrogen-bond acceptors (Lipinski definition) is 3. The molecule has 0 aromatic carbocycles. The zero-order valence-corrected chi connectivity index (χ0v) is 22.5. The molecule has 0 bridgehead atoms. The molecule has 4 fully saturated rings. The third-order valence-corrected chi connectivity index (χ3v) is 13.6. The Morgan fingerprint density at radius 1 is 0.844 bits per heavy atom. The van der Waals surface area contributed by atoms with Crippen molar-refractivity contribution in [1.29, 1.82) is 0 Å². The second-order valence-corrected chi connectivity index (χ2v) is 14.0. The van der Waals surface area contributed by atoms with E-state index in [1.807, 2.05) is 6.92 Å². The fraction of sp³-hybridized carbons (Fsp3) is 1.00. The minimum atomic E-state index is -0.554. The van der Waals surface area contributed by atoms with Crippen LogP contribution in [0, 0.1) is 75.4 Å². The van der Waals surface area contributed by atoms with Crippen LogP contribution in [0.5, 0.6) is 0 Å². The average Bonchev–Trinajstić information content (AvgIpc) is 2.70. The normalized spacial score (nSPS) is 63.7. The molecule has 0 aromatic rings. The third kappa shape index (κ3) is 2.77.